The van der Waals surface area contributed by atoms with Crippen LogP contribution < -0.4 is 5.32 Å². The lowest BCUT2D eigenvalue weighted by atomic mass is 9.74. The molecule has 0 radical (unpaired) electrons. The summed E-state index contributed by atoms with van der Waals surface area (Å²) in [5, 5.41) is 3.61. The van der Waals surface area contributed by atoms with Crippen LogP contribution in [0.2, 0.25) is 0 Å². The molecule has 0 bridgehead atoms. The molecule has 3 rings (SSSR count). The second-order valence-corrected chi connectivity index (χ2v) is 6.77. The highest BCUT2D eigenvalue weighted by molar-refractivity contribution is 9.10. The Bertz CT molecular complexity index is 381. The molecular formula is C16H22BrN. The van der Waals surface area contributed by atoms with Crippen molar-refractivity contribution in [3.63, 3.8) is 0 Å². The Labute approximate surface area is 118 Å². The van der Waals surface area contributed by atoms with Crippen molar-refractivity contribution in [2.75, 3.05) is 13.1 Å². The van der Waals surface area contributed by atoms with Crippen molar-refractivity contribution >= 4 is 15.9 Å². The predicted molar refractivity (Wildman–Crippen MR) is 79.8 cm³/mol. The van der Waals surface area contributed by atoms with Gasteiger partial charge in [0, 0.05) is 4.47 Å². The molecule has 0 spiro atoms. The molecule has 98 valence electrons. The van der Waals surface area contributed by atoms with Crippen LogP contribution in [-0.2, 0) is 0 Å². The Balaban J connectivity index is 1.80. The molecule has 1 aliphatic heterocycles. The first-order chi connectivity index (χ1) is 8.84. The molecule has 2 atom stereocenters. The van der Waals surface area contributed by atoms with Crippen LogP contribution in [-0.4, -0.2) is 13.1 Å². The fraction of sp³-hybridized carbons (Fsp3) is 0.625. The number of rotatable bonds is 2. The minimum Gasteiger partial charge on any atom is -0.316 e. The average Bonchev–Trinajstić information content (AvgIpc) is 2.93. The van der Waals surface area contributed by atoms with Gasteiger partial charge in [-0.25, -0.2) is 0 Å². The van der Waals surface area contributed by atoms with Crippen molar-refractivity contribution in [3.05, 3.63) is 34.3 Å². The van der Waals surface area contributed by atoms with Crippen LogP contribution >= 0.6 is 15.9 Å². The molecule has 1 aromatic carbocycles. The van der Waals surface area contributed by atoms with Gasteiger partial charge in [0.05, 0.1) is 0 Å². The summed E-state index contributed by atoms with van der Waals surface area (Å²) < 4.78 is 1.19. The predicted octanol–water partition coefficient (Wildman–Crippen LogP) is 4.33. The number of hydrogen-bond acceptors (Lipinski definition) is 1. The van der Waals surface area contributed by atoms with E-state index in [1.54, 1.807) is 5.56 Å². The first-order valence-corrected chi connectivity index (χ1v) is 8.10. The molecule has 1 nitrogen and oxygen atoms in total. The van der Waals surface area contributed by atoms with Crippen molar-refractivity contribution in [2.45, 2.75) is 38.0 Å². The van der Waals surface area contributed by atoms with Gasteiger partial charge in [-0.3, -0.25) is 0 Å². The number of hydrogen-bond donors (Lipinski definition) is 1. The van der Waals surface area contributed by atoms with Gasteiger partial charge in [0.25, 0.3) is 0 Å². The highest BCUT2D eigenvalue weighted by Gasteiger charge is 2.33. The summed E-state index contributed by atoms with van der Waals surface area (Å²) in [6, 6.07) is 9.04. The van der Waals surface area contributed by atoms with E-state index in [0.717, 1.165) is 17.8 Å². The molecule has 18 heavy (non-hydrogen) atoms. The van der Waals surface area contributed by atoms with E-state index < -0.39 is 0 Å². The van der Waals surface area contributed by atoms with Gasteiger partial charge in [-0.05, 0) is 55.0 Å². The molecule has 1 heterocycles. The molecule has 2 aliphatic rings. The third kappa shape index (κ3) is 2.65. The van der Waals surface area contributed by atoms with Gasteiger partial charge in [0.15, 0.2) is 0 Å². The maximum Gasteiger partial charge on any atom is 0.0175 e. The van der Waals surface area contributed by atoms with E-state index in [2.05, 4.69) is 45.5 Å². The first-order valence-electron chi connectivity index (χ1n) is 7.31. The van der Waals surface area contributed by atoms with Crippen molar-refractivity contribution in [1.82, 2.24) is 5.32 Å². The van der Waals surface area contributed by atoms with Crippen LogP contribution in [0.4, 0.5) is 0 Å². The summed E-state index contributed by atoms with van der Waals surface area (Å²) in [5.74, 6) is 2.61. The molecule has 1 aliphatic carbocycles. The second kappa shape index (κ2) is 5.75. The Morgan fingerprint density at radius 3 is 2.44 bits per heavy atom. The van der Waals surface area contributed by atoms with Gasteiger partial charge in [-0.15, -0.1) is 0 Å². The summed E-state index contributed by atoms with van der Waals surface area (Å²) in [7, 11) is 0. The maximum atomic E-state index is 3.61. The Morgan fingerprint density at radius 1 is 1.00 bits per heavy atom. The van der Waals surface area contributed by atoms with E-state index in [9.17, 15) is 0 Å². The van der Waals surface area contributed by atoms with Crippen LogP contribution in [0.25, 0.3) is 0 Å². The van der Waals surface area contributed by atoms with E-state index >= 15 is 0 Å². The lowest BCUT2D eigenvalue weighted by Gasteiger charge is -2.36. The fourth-order valence-corrected chi connectivity index (χ4v) is 4.15. The Morgan fingerprint density at radius 2 is 1.72 bits per heavy atom. The number of benzene rings is 1. The van der Waals surface area contributed by atoms with Crippen LogP contribution in [0.15, 0.2) is 28.7 Å². The molecule has 2 fully saturated rings. The second-order valence-electron chi connectivity index (χ2n) is 5.86. The highest BCUT2D eigenvalue weighted by Crippen LogP contribution is 2.41. The van der Waals surface area contributed by atoms with Crippen molar-refractivity contribution in [3.8, 4) is 0 Å². The average molecular weight is 308 g/mol. The van der Waals surface area contributed by atoms with Crippen molar-refractivity contribution in [1.29, 1.82) is 0 Å². The lowest BCUT2D eigenvalue weighted by Crippen LogP contribution is -2.38. The van der Waals surface area contributed by atoms with Crippen LogP contribution in [0.3, 0.4) is 0 Å². The zero-order valence-electron chi connectivity index (χ0n) is 10.9. The van der Waals surface area contributed by atoms with E-state index in [-0.39, 0.29) is 0 Å². The molecule has 1 saturated carbocycles. The van der Waals surface area contributed by atoms with Gasteiger partial charge >= 0.3 is 0 Å². The monoisotopic (exact) mass is 307 g/mol. The largest absolute Gasteiger partial charge is 0.316 e. The number of nitrogens with one attached hydrogen (secondary N) is 1. The van der Waals surface area contributed by atoms with Crippen LogP contribution in [0.5, 0.6) is 0 Å². The lowest BCUT2D eigenvalue weighted by molar-refractivity contribution is 0.231. The smallest absolute Gasteiger partial charge is 0.0175 e. The Kier molecular flexibility index (Phi) is 4.05. The summed E-state index contributed by atoms with van der Waals surface area (Å²) in [4.78, 5) is 0. The van der Waals surface area contributed by atoms with Gasteiger partial charge in [-0.1, -0.05) is 53.7 Å². The quantitative estimate of drug-likeness (QED) is 0.857. The number of halogens is 1. The molecule has 2 unspecified atom stereocenters. The molecule has 0 amide bonds. The van der Waals surface area contributed by atoms with Crippen LogP contribution in [0, 0.1) is 11.8 Å². The highest BCUT2D eigenvalue weighted by atomic mass is 79.9. The summed E-state index contributed by atoms with van der Waals surface area (Å²) in [6.07, 6.45) is 7.13. The fourth-order valence-electron chi connectivity index (χ4n) is 3.89. The normalized spacial score (nSPS) is 29.6. The zero-order valence-corrected chi connectivity index (χ0v) is 12.5. The molecule has 2 heteroatoms. The van der Waals surface area contributed by atoms with E-state index in [0.29, 0.717) is 0 Å². The molecular weight excluding hydrogens is 286 g/mol. The SMILES string of the molecule is Brc1ccc(C2CCNCC2C2CCCC2)cc1. The maximum absolute atomic E-state index is 3.61. The van der Waals surface area contributed by atoms with Crippen molar-refractivity contribution < 1.29 is 0 Å². The minimum atomic E-state index is 0.780. The number of piperidine rings is 1. The third-order valence-corrected chi connectivity index (χ3v) is 5.36. The van der Waals surface area contributed by atoms with E-state index in [1.165, 1.54) is 49.7 Å². The molecule has 0 aromatic heterocycles. The molecule has 1 N–H and O–H groups in total. The standard InChI is InChI=1S/C16H22BrN/c17-14-7-5-13(6-8-14)15-9-10-18-11-16(15)12-3-1-2-4-12/h5-8,12,15-16,18H,1-4,9-11H2. The van der Waals surface area contributed by atoms with Gasteiger partial charge < -0.3 is 5.32 Å². The summed E-state index contributed by atoms with van der Waals surface area (Å²) in [6.45, 7) is 2.41. The van der Waals surface area contributed by atoms with Gasteiger partial charge in [-0.2, -0.15) is 0 Å². The van der Waals surface area contributed by atoms with Crippen LogP contribution in [0.1, 0.15) is 43.6 Å². The van der Waals surface area contributed by atoms with Gasteiger partial charge in [0.2, 0.25) is 0 Å². The molecule has 1 saturated heterocycles. The zero-order chi connectivity index (χ0) is 12.4. The minimum absolute atomic E-state index is 0.780. The summed E-state index contributed by atoms with van der Waals surface area (Å²) >= 11 is 3.54. The third-order valence-electron chi connectivity index (χ3n) is 4.83. The van der Waals surface area contributed by atoms with E-state index in [4.69, 9.17) is 0 Å². The topological polar surface area (TPSA) is 12.0 Å². The molecule has 1 aromatic rings. The summed E-state index contributed by atoms with van der Waals surface area (Å²) in [5.41, 5.74) is 1.55. The van der Waals surface area contributed by atoms with Gasteiger partial charge in [0.1, 0.15) is 0 Å². The van der Waals surface area contributed by atoms with E-state index in [1.807, 2.05) is 0 Å². The van der Waals surface area contributed by atoms with Crippen molar-refractivity contribution in [2.24, 2.45) is 11.8 Å². The Hall–Kier alpha value is -0.340. The first kappa shape index (κ1) is 12.7.